The van der Waals surface area contributed by atoms with Gasteiger partial charge >= 0.3 is 0 Å². The van der Waals surface area contributed by atoms with E-state index < -0.39 is 17.6 Å². The lowest BCUT2D eigenvalue weighted by atomic mass is 9.73. The Labute approximate surface area is 156 Å². The van der Waals surface area contributed by atoms with E-state index >= 15 is 0 Å². The van der Waals surface area contributed by atoms with Crippen LogP contribution in [0.25, 0.3) is 0 Å². The van der Waals surface area contributed by atoms with Crippen LogP contribution in [0.15, 0.2) is 48.5 Å². The molecule has 1 aliphatic heterocycles. The standard InChI is InChI=1S/C19H19ClN2O3.H2O/c1-11(2)22-16(17(21)23)19(25,12-7-9-13(20)10-8-12)15-6-4-3-5-14(15)18(22)24;/h3-11,16,25H,1-2H3,(H2,21,23);1H2. The Kier molecular flexibility index (Phi) is 5.41. The SMILES string of the molecule is CC(C)N1C(=O)c2ccccc2C(O)(c2ccc(Cl)cc2)C1C(N)=O.O. The van der Waals surface area contributed by atoms with Crippen LogP contribution >= 0.6 is 11.6 Å². The van der Waals surface area contributed by atoms with Crippen LogP contribution in [-0.2, 0) is 10.4 Å². The fourth-order valence-corrected chi connectivity index (χ4v) is 3.63. The Bertz CT molecular complexity index is 838. The summed E-state index contributed by atoms with van der Waals surface area (Å²) < 4.78 is 0. The largest absolute Gasteiger partial charge is 0.412 e. The zero-order chi connectivity index (χ0) is 18.4. The molecule has 7 heteroatoms. The van der Waals surface area contributed by atoms with Gasteiger partial charge in [-0.2, -0.15) is 0 Å². The molecule has 138 valence electrons. The lowest BCUT2D eigenvalue weighted by Crippen LogP contribution is -2.64. The summed E-state index contributed by atoms with van der Waals surface area (Å²) in [4.78, 5) is 26.6. The van der Waals surface area contributed by atoms with Crippen LogP contribution < -0.4 is 5.73 Å². The summed E-state index contributed by atoms with van der Waals surface area (Å²) in [5.74, 6) is -1.10. The van der Waals surface area contributed by atoms with E-state index in [2.05, 4.69) is 0 Å². The first-order valence-corrected chi connectivity index (χ1v) is 8.36. The number of nitrogens with zero attached hydrogens (tertiary/aromatic N) is 1. The monoisotopic (exact) mass is 376 g/mol. The number of hydrogen-bond donors (Lipinski definition) is 2. The molecule has 1 aliphatic rings. The first kappa shape index (κ1) is 19.9. The molecule has 1 heterocycles. The summed E-state index contributed by atoms with van der Waals surface area (Å²) in [6, 6.07) is 11.7. The predicted molar refractivity (Wildman–Crippen MR) is 98.8 cm³/mol. The van der Waals surface area contributed by atoms with Gasteiger partial charge in [0.15, 0.2) is 0 Å². The van der Waals surface area contributed by atoms with Gasteiger partial charge in [0.05, 0.1) is 0 Å². The molecule has 0 radical (unpaired) electrons. The second-order valence-corrected chi connectivity index (χ2v) is 6.87. The van der Waals surface area contributed by atoms with Gasteiger partial charge in [0, 0.05) is 22.2 Å². The molecule has 0 aromatic heterocycles. The number of nitrogens with two attached hydrogens (primary N) is 1. The highest BCUT2D eigenvalue weighted by Crippen LogP contribution is 2.42. The van der Waals surface area contributed by atoms with Crippen LogP contribution in [0, 0.1) is 0 Å². The minimum Gasteiger partial charge on any atom is -0.412 e. The molecular weight excluding hydrogens is 356 g/mol. The van der Waals surface area contributed by atoms with Gasteiger partial charge in [-0.15, -0.1) is 0 Å². The highest BCUT2D eigenvalue weighted by atomic mass is 35.5. The molecule has 0 bridgehead atoms. The Morgan fingerprint density at radius 1 is 1.19 bits per heavy atom. The molecule has 5 N–H and O–H groups in total. The maximum atomic E-state index is 12.9. The van der Waals surface area contributed by atoms with E-state index in [9.17, 15) is 14.7 Å². The molecule has 0 spiro atoms. The quantitative estimate of drug-likeness (QED) is 0.844. The molecule has 2 atom stereocenters. The number of hydrogen-bond acceptors (Lipinski definition) is 3. The molecule has 0 saturated carbocycles. The summed E-state index contributed by atoms with van der Waals surface area (Å²) in [6.45, 7) is 3.56. The Balaban J connectivity index is 0.00000243. The summed E-state index contributed by atoms with van der Waals surface area (Å²) >= 11 is 5.96. The van der Waals surface area contributed by atoms with Crippen LogP contribution in [0.1, 0.15) is 35.3 Å². The van der Waals surface area contributed by atoms with Crippen molar-refractivity contribution >= 4 is 23.4 Å². The van der Waals surface area contributed by atoms with Gasteiger partial charge < -0.3 is 21.2 Å². The van der Waals surface area contributed by atoms with Gasteiger partial charge in [-0.25, -0.2) is 0 Å². The molecule has 0 fully saturated rings. The zero-order valence-corrected chi connectivity index (χ0v) is 15.2. The van der Waals surface area contributed by atoms with Gasteiger partial charge in [0.1, 0.15) is 11.6 Å². The van der Waals surface area contributed by atoms with Crippen molar-refractivity contribution in [1.29, 1.82) is 0 Å². The van der Waals surface area contributed by atoms with E-state index in [1.54, 1.807) is 62.4 Å². The maximum absolute atomic E-state index is 12.9. The first-order chi connectivity index (χ1) is 11.8. The van der Waals surface area contributed by atoms with Crippen molar-refractivity contribution in [3.63, 3.8) is 0 Å². The van der Waals surface area contributed by atoms with E-state index in [1.165, 1.54) is 4.90 Å². The van der Waals surface area contributed by atoms with Crippen molar-refractivity contribution in [2.75, 3.05) is 0 Å². The molecule has 6 nitrogen and oxygen atoms in total. The normalized spacial score (nSPS) is 22.0. The van der Waals surface area contributed by atoms with Crippen molar-refractivity contribution in [2.24, 2.45) is 5.73 Å². The molecule has 2 aromatic carbocycles. The Morgan fingerprint density at radius 2 is 1.77 bits per heavy atom. The van der Waals surface area contributed by atoms with Gasteiger partial charge in [-0.1, -0.05) is 41.9 Å². The average molecular weight is 377 g/mol. The number of primary amides is 1. The van der Waals surface area contributed by atoms with Crippen LogP contribution in [0.2, 0.25) is 5.02 Å². The van der Waals surface area contributed by atoms with Crippen molar-refractivity contribution in [1.82, 2.24) is 4.90 Å². The fraction of sp³-hybridized carbons (Fsp3) is 0.263. The highest BCUT2D eigenvalue weighted by molar-refractivity contribution is 6.30. The average Bonchev–Trinajstić information content (AvgIpc) is 2.57. The highest BCUT2D eigenvalue weighted by Gasteiger charge is 2.54. The first-order valence-electron chi connectivity index (χ1n) is 7.98. The molecule has 3 rings (SSSR count). The maximum Gasteiger partial charge on any atom is 0.255 e. The lowest BCUT2D eigenvalue weighted by Gasteiger charge is -2.47. The van der Waals surface area contributed by atoms with Crippen molar-refractivity contribution in [3.8, 4) is 0 Å². The third kappa shape index (κ3) is 2.86. The van der Waals surface area contributed by atoms with Crippen molar-refractivity contribution in [3.05, 3.63) is 70.2 Å². The predicted octanol–water partition coefficient (Wildman–Crippen LogP) is 1.47. The molecule has 0 aliphatic carbocycles. The number of rotatable bonds is 3. The molecule has 2 aromatic rings. The summed E-state index contributed by atoms with van der Waals surface area (Å²) in [6.07, 6.45) is 0. The third-order valence-electron chi connectivity index (χ3n) is 4.59. The van der Waals surface area contributed by atoms with Gasteiger partial charge in [0.25, 0.3) is 5.91 Å². The Hall–Kier alpha value is -2.41. The number of fused-ring (bicyclic) bond motifs is 1. The van der Waals surface area contributed by atoms with Gasteiger partial charge in [0.2, 0.25) is 5.91 Å². The number of carbonyl (C=O) groups is 2. The lowest BCUT2D eigenvalue weighted by molar-refractivity contribution is -0.133. The van der Waals surface area contributed by atoms with Crippen LogP contribution in [0.4, 0.5) is 0 Å². The summed E-state index contributed by atoms with van der Waals surface area (Å²) in [5, 5.41) is 12.2. The number of benzene rings is 2. The molecule has 2 amide bonds. The fourth-order valence-electron chi connectivity index (χ4n) is 3.50. The number of carbonyl (C=O) groups excluding carboxylic acids is 2. The van der Waals surface area contributed by atoms with Gasteiger partial charge in [-0.05, 0) is 37.6 Å². The second kappa shape index (κ2) is 7.07. The van der Waals surface area contributed by atoms with E-state index in [0.717, 1.165) is 0 Å². The van der Waals surface area contributed by atoms with Crippen LogP contribution in [0.3, 0.4) is 0 Å². The second-order valence-electron chi connectivity index (χ2n) is 6.43. The molecular formula is C19H21ClN2O4. The zero-order valence-electron chi connectivity index (χ0n) is 14.4. The van der Waals surface area contributed by atoms with E-state index in [1.807, 2.05) is 0 Å². The van der Waals surface area contributed by atoms with Gasteiger partial charge in [-0.3, -0.25) is 9.59 Å². The van der Waals surface area contributed by atoms with Crippen molar-refractivity contribution in [2.45, 2.75) is 31.5 Å². The van der Waals surface area contributed by atoms with Crippen LogP contribution in [0.5, 0.6) is 0 Å². The molecule has 0 saturated heterocycles. The minimum atomic E-state index is -1.76. The third-order valence-corrected chi connectivity index (χ3v) is 4.84. The topological polar surface area (TPSA) is 115 Å². The van der Waals surface area contributed by atoms with Crippen molar-refractivity contribution < 1.29 is 20.2 Å². The van der Waals surface area contributed by atoms with E-state index in [4.69, 9.17) is 17.3 Å². The number of amides is 2. The van der Waals surface area contributed by atoms with E-state index in [0.29, 0.717) is 21.7 Å². The number of halogens is 1. The van der Waals surface area contributed by atoms with Crippen LogP contribution in [-0.4, -0.2) is 39.4 Å². The molecule has 26 heavy (non-hydrogen) atoms. The minimum absolute atomic E-state index is 0. The number of aliphatic hydroxyl groups is 1. The van der Waals surface area contributed by atoms with E-state index in [-0.39, 0.29) is 17.4 Å². The smallest absolute Gasteiger partial charge is 0.255 e. The molecule has 2 unspecified atom stereocenters. The summed E-state index contributed by atoms with van der Waals surface area (Å²) in [5.41, 5.74) is 5.05. The summed E-state index contributed by atoms with van der Waals surface area (Å²) in [7, 11) is 0. The Morgan fingerprint density at radius 3 is 2.31 bits per heavy atom.